The van der Waals surface area contributed by atoms with E-state index in [1.165, 1.54) is 11.2 Å². The van der Waals surface area contributed by atoms with Crippen molar-refractivity contribution >= 4 is 22.9 Å². The zero-order valence-corrected chi connectivity index (χ0v) is 15.6. The van der Waals surface area contributed by atoms with E-state index in [9.17, 15) is 18.0 Å². The third kappa shape index (κ3) is 3.35. The molecule has 2 unspecified atom stereocenters. The second-order valence-corrected chi connectivity index (χ2v) is 7.73. The minimum absolute atomic E-state index is 0.127. The first kappa shape index (κ1) is 18.8. The molecule has 1 spiro atoms. The van der Waals surface area contributed by atoms with E-state index in [0.717, 1.165) is 42.8 Å². The average Bonchev–Trinajstić information content (AvgIpc) is 3.37. The minimum Gasteiger partial charge on any atom is -0.355 e. The molecule has 2 N–H and O–H groups in total. The summed E-state index contributed by atoms with van der Waals surface area (Å²) in [5.74, 6) is 1.11. The van der Waals surface area contributed by atoms with Crippen molar-refractivity contribution in [2.45, 2.75) is 25.9 Å². The van der Waals surface area contributed by atoms with Gasteiger partial charge in [-0.2, -0.15) is 13.2 Å². The van der Waals surface area contributed by atoms with Crippen LogP contribution in [-0.4, -0.2) is 64.8 Å². The van der Waals surface area contributed by atoms with Gasteiger partial charge in [0.05, 0.1) is 5.39 Å². The first-order valence-corrected chi connectivity index (χ1v) is 9.44. The number of urea groups is 1. The topological polar surface area (TPSA) is 77.2 Å². The summed E-state index contributed by atoms with van der Waals surface area (Å²) in [6.07, 6.45) is 0.703. The van der Waals surface area contributed by atoms with E-state index in [1.54, 1.807) is 0 Å². The fraction of sp³-hybridized carbons (Fsp3) is 0.611. The van der Waals surface area contributed by atoms with Gasteiger partial charge in [0, 0.05) is 37.8 Å². The number of amides is 2. The van der Waals surface area contributed by atoms with Crippen molar-refractivity contribution in [1.29, 1.82) is 0 Å². The molecule has 2 amide bonds. The fourth-order valence-electron chi connectivity index (χ4n) is 4.69. The van der Waals surface area contributed by atoms with Crippen LogP contribution < -0.4 is 10.2 Å². The molecular formula is C18H23F3N6O. The Balaban J connectivity index is 1.50. The van der Waals surface area contributed by atoms with Gasteiger partial charge in [0.25, 0.3) is 0 Å². The molecule has 0 aromatic carbocycles. The number of aromatic nitrogens is 3. The van der Waals surface area contributed by atoms with Crippen molar-refractivity contribution < 1.29 is 18.0 Å². The average molecular weight is 396 g/mol. The number of fused-ring (bicyclic) bond motifs is 1. The van der Waals surface area contributed by atoms with Gasteiger partial charge < -0.3 is 20.1 Å². The van der Waals surface area contributed by atoms with Crippen molar-refractivity contribution in [2.24, 2.45) is 11.3 Å². The van der Waals surface area contributed by atoms with Crippen LogP contribution in [0.4, 0.5) is 23.8 Å². The molecule has 2 aliphatic heterocycles. The van der Waals surface area contributed by atoms with Gasteiger partial charge in [0.2, 0.25) is 0 Å². The van der Waals surface area contributed by atoms with Gasteiger partial charge >= 0.3 is 12.2 Å². The third-order valence-electron chi connectivity index (χ3n) is 6.05. The molecule has 4 rings (SSSR count). The Labute approximate surface area is 160 Å². The summed E-state index contributed by atoms with van der Waals surface area (Å²) in [7, 11) is 0. The zero-order valence-electron chi connectivity index (χ0n) is 15.6. The van der Waals surface area contributed by atoms with Gasteiger partial charge in [-0.05, 0) is 18.4 Å². The summed E-state index contributed by atoms with van der Waals surface area (Å²) < 4.78 is 37.3. The molecule has 152 valence electrons. The predicted molar refractivity (Wildman–Crippen MR) is 98.0 cm³/mol. The molecule has 2 atom stereocenters. The lowest BCUT2D eigenvalue weighted by Crippen LogP contribution is -2.43. The number of carbonyl (C=O) groups is 1. The quantitative estimate of drug-likeness (QED) is 0.837. The maximum Gasteiger partial charge on any atom is 0.405 e. The van der Waals surface area contributed by atoms with E-state index < -0.39 is 18.8 Å². The van der Waals surface area contributed by atoms with Crippen LogP contribution in [0.25, 0.3) is 11.0 Å². The van der Waals surface area contributed by atoms with E-state index >= 15 is 0 Å². The van der Waals surface area contributed by atoms with Crippen molar-refractivity contribution in [3.8, 4) is 0 Å². The molecule has 0 aliphatic carbocycles. The summed E-state index contributed by atoms with van der Waals surface area (Å²) >= 11 is 0. The SMILES string of the molecule is CCC1CN(C(=O)NCC(F)(F)F)CC12CCN(c1ncnc3[nH]ccc13)C2. The van der Waals surface area contributed by atoms with Gasteiger partial charge in [-0.25, -0.2) is 14.8 Å². The third-order valence-corrected chi connectivity index (χ3v) is 6.05. The highest BCUT2D eigenvalue weighted by molar-refractivity contribution is 5.87. The van der Waals surface area contributed by atoms with Gasteiger partial charge in [0.1, 0.15) is 24.3 Å². The smallest absolute Gasteiger partial charge is 0.355 e. The lowest BCUT2D eigenvalue weighted by Gasteiger charge is -2.30. The van der Waals surface area contributed by atoms with E-state index in [1.807, 2.05) is 17.6 Å². The molecule has 2 aromatic rings. The maximum absolute atomic E-state index is 12.4. The normalized spacial score (nSPS) is 25.2. The highest BCUT2D eigenvalue weighted by Crippen LogP contribution is 2.46. The Kier molecular flexibility index (Phi) is 4.59. The van der Waals surface area contributed by atoms with Crippen LogP contribution in [0.5, 0.6) is 0 Å². The van der Waals surface area contributed by atoms with Crippen LogP contribution in [-0.2, 0) is 0 Å². The molecule has 10 heteroatoms. The second kappa shape index (κ2) is 6.82. The summed E-state index contributed by atoms with van der Waals surface area (Å²) in [5, 5.41) is 2.95. The number of carbonyl (C=O) groups excluding carboxylic acids is 1. The van der Waals surface area contributed by atoms with Crippen LogP contribution >= 0.6 is 0 Å². The van der Waals surface area contributed by atoms with Gasteiger partial charge in [-0.3, -0.25) is 0 Å². The van der Waals surface area contributed by atoms with Gasteiger partial charge in [-0.15, -0.1) is 0 Å². The Morgan fingerprint density at radius 2 is 2.21 bits per heavy atom. The predicted octanol–water partition coefficient (Wildman–Crippen LogP) is 2.77. The Hall–Kier alpha value is -2.52. The molecule has 2 aromatic heterocycles. The molecular weight excluding hydrogens is 373 g/mol. The number of nitrogens with zero attached hydrogens (tertiary/aromatic N) is 4. The largest absolute Gasteiger partial charge is 0.405 e. The van der Waals surface area contributed by atoms with Crippen LogP contribution in [0.1, 0.15) is 19.8 Å². The molecule has 7 nitrogen and oxygen atoms in total. The molecule has 0 radical (unpaired) electrons. The van der Waals surface area contributed by atoms with Crippen LogP contribution in [0, 0.1) is 11.3 Å². The highest BCUT2D eigenvalue weighted by atomic mass is 19.4. The highest BCUT2D eigenvalue weighted by Gasteiger charge is 2.51. The Bertz CT molecular complexity index is 868. The fourth-order valence-corrected chi connectivity index (χ4v) is 4.69. The molecule has 2 fully saturated rings. The van der Waals surface area contributed by atoms with E-state index in [4.69, 9.17) is 0 Å². The van der Waals surface area contributed by atoms with Gasteiger partial charge in [0.15, 0.2) is 0 Å². The van der Waals surface area contributed by atoms with E-state index in [2.05, 4.69) is 26.8 Å². The van der Waals surface area contributed by atoms with Gasteiger partial charge in [-0.1, -0.05) is 13.3 Å². The van der Waals surface area contributed by atoms with Crippen LogP contribution in [0.15, 0.2) is 18.6 Å². The van der Waals surface area contributed by atoms with E-state index in [-0.39, 0.29) is 11.3 Å². The number of halogens is 3. The number of hydrogen-bond acceptors (Lipinski definition) is 4. The standard InChI is InChI=1S/C18H23F3N6O/c1-2-12-7-27(16(28)23-8-18(19,20)21)10-17(12)4-6-26(9-17)15-13-3-5-22-14(13)24-11-25-15/h3,5,11-12H,2,4,6-10H2,1H3,(H,23,28)(H,22,24,25). The lowest BCUT2D eigenvalue weighted by molar-refractivity contribution is -0.123. The van der Waals surface area contributed by atoms with Crippen LogP contribution in [0.3, 0.4) is 0 Å². The summed E-state index contributed by atoms with van der Waals surface area (Å²) in [6.45, 7) is 3.24. The van der Waals surface area contributed by atoms with Crippen molar-refractivity contribution in [1.82, 2.24) is 25.2 Å². The van der Waals surface area contributed by atoms with Crippen LogP contribution in [0.2, 0.25) is 0 Å². The monoisotopic (exact) mass is 396 g/mol. The number of H-pyrrole nitrogens is 1. The molecule has 0 bridgehead atoms. The summed E-state index contributed by atoms with van der Waals surface area (Å²) in [5.41, 5.74) is 0.648. The lowest BCUT2D eigenvalue weighted by atomic mass is 9.76. The number of likely N-dealkylation sites (tertiary alicyclic amines) is 1. The van der Waals surface area contributed by atoms with Crippen molar-refractivity contribution in [3.05, 3.63) is 18.6 Å². The van der Waals surface area contributed by atoms with Crippen molar-refractivity contribution in [3.63, 3.8) is 0 Å². The molecule has 28 heavy (non-hydrogen) atoms. The Morgan fingerprint density at radius 1 is 1.39 bits per heavy atom. The van der Waals surface area contributed by atoms with E-state index in [0.29, 0.717) is 13.1 Å². The second-order valence-electron chi connectivity index (χ2n) is 7.73. The first-order chi connectivity index (χ1) is 13.3. The number of nitrogens with one attached hydrogen (secondary N) is 2. The molecule has 2 saturated heterocycles. The number of anilines is 1. The van der Waals surface area contributed by atoms with Crippen molar-refractivity contribution in [2.75, 3.05) is 37.6 Å². The Morgan fingerprint density at radius 3 is 2.96 bits per heavy atom. The zero-order chi connectivity index (χ0) is 19.9. The number of rotatable bonds is 3. The first-order valence-electron chi connectivity index (χ1n) is 9.44. The number of alkyl halides is 3. The maximum atomic E-state index is 12.4. The minimum atomic E-state index is -4.41. The number of aromatic amines is 1. The molecule has 4 heterocycles. The molecule has 2 aliphatic rings. The number of hydrogen-bond donors (Lipinski definition) is 2. The summed E-state index contributed by atoms with van der Waals surface area (Å²) in [6, 6.07) is 1.31. The molecule has 0 saturated carbocycles. The summed E-state index contributed by atoms with van der Waals surface area (Å²) in [4.78, 5) is 27.8.